The largest absolute Gasteiger partial charge is 0.375 e. The first-order valence-electron chi connectivity index (χ1n) is 6.90. The maximum absolute atomic E-state index is 6.01. The zero-order valence-corrected chi connectivity index (χ0v) is 13.4. The molecule has 0 fully saturated rings. The van der Waals surface area contributed by atoms with Gasteiger partial charge in [-0.15, -0.1) is 0 Å². The molecule has 0 saturated carbocycles. The van der Waals surface area contributed by atoms with Gasteiger partial charge in [0, 0.05) is 24.7 Å². The Labute approximate surface area is 126 Å². The predicted molar refractivity (Wildman–Crippen MR) is 85.5 cm³/mol. The van der Waals surface area contributed by atoms with E-state index in [1.54, 1.807) is 7.11 Å². The smallest absolute Gasteiger partial charge is 0.191 e. The fourth-order valence-electron chi connectivity index (χ4n) is 1.79. The average molecular weight is 298 g/mol. The minimum Gasteiger partial charge on any atom is -0.375 e. The second kappa shape index (κ2) is 8.82. The summed E-state index contributed by atoms with van der Waals surface area (Å²) in [6.45, 7) is 7.57. The molecular weight excluding hydrogens is 274 g/mol. The Balaban J connectivity index is 2.75. The number of nitrogens with zero attached hydrogens (tertiary/aromatic N) is 1. The van der Waals surface area contributed by atoms with Crippen LogP contribution < -0.4 is 10.6 Å². The number of ether oxygens (including phenoxy) is 1. The third kappa shape index (κ3) is 5.80. The fraction of sp³-hybridized carbons (Fsp3) is 0.533. The van der Waals surface area contributed by atoms with E-state index in [0.29, 0.717) is 17.6 Å². The van der Waals surface area contributed by atoms with E-state index in [1.165, 1.54) is 0 Å². The second-order valence-corrected chi connectivity index (χ2v) is 5.23. The van der Waals surface area contributed by atoms with Crippen LogP contribution in [0.25, 0.3) is 0 Å². The molecule has 0 aliphatic rings. The number of rotatable bonds is 6. The van der Waals surface area contributed by atoms with Crippen molar-refractivity contribution < 1.29 is 4.74 Å². The zero-order chi connectivity index (χ0) is 15.0. The minimum atomic E-state index is -0.101. The third-order valence-electron chi connectivity index (χ3n) is 2.69. The summed E-state index contributed by atoms with van der Waals surface area (Å²) >= 11 is 6.01. The van der Waals surface area contributed by atoms with Crippen LogP contribution in [0, 0.1) is 0 Å². The maximum Gasteiger partial charge on any atom is 0.191 e. The van der Waals surface area contributed by atoms with Gasteiger partial charge in [0.25, 0.3) is 0 Å². The first-order valence-corrected chi connectivity index (χ1v) is 7.27. The summed E-state index contributed by atoms with van der Waals surface area (Å²) in [4.78, 5) is 4.56. The van der Waals surface area contributed by atoms with Gasteiger partial charge in [-0.3, -0.25) is 4.99 Å². The summed E-state index contributed by atoms with van der Waals surface area (Å²) in [7, 11) is 1.68. The van der Waals surface area contributed by atoms with Crippen LogP contribution in [0.4, 0.5) is 0 Å². The Hall–Kier alpha value is -1.26. The normalized spacial score (nSPS) is 13.4. The standard InChI is InChI=1S/C15H24ClN3O/c1-5-17-15(19-11(2)3)18-10-14(20-4)12-7-6-8-13(16)9-12/h6-9,11,14H,5,10H2,1-4H3,(H2,17,18,19). The molecule has 0 saturated heterocycles. The Bertz CT molecular complexity index is 435. The van der Waals surface area contributed by atoms with E-state index in [9.17, 15) is 0 Å². The number of halogens is 1. The number of aliphatic imine (C=N–C) groups is 1. The Morgan fingerprint density at radius 1 is 1.40 bits per heavy atom. The number of nitrogens with one attached hydrogen (secondary N) is 2. The maximum atomic E-state index is 6.01. The number of hydrogen-bond acceptors (Lipinski definition) is 2. The summed E-state index contributed by atoms with van der Waals surface area (Å²) in [6, 6.07) is 8.02. The van der Waals surface area contributed by atoms with E-state index in [-0.39, 0.29) is 6.10 Å². The number of guanidine groups is 1. The van der Waals surface area contributed by atoms with Gasteiger partial charge in [-0.2, -0.15) is 0 Å². The van der Waals surface area contributed by atoms with Gasteiger partial charge in [-0.05, 0) is 38.5 Å². The quantitative estimate of drug-likeness (QED) is 0.627. The van der Waals surface area contributed by atoms with Crippen molar-refractivity contribution in [3.05, 3.63) is 34.9 Å². The predicted octanol–water partition coefficient (Wildman–Crippen LogP) is 2.99. The van der Waals surface area contributed by atoms with Gasteiger partial charge < -0.3 is 15.4 Å². The number of hydrogen-bond donors (Lipinski definition) is 2. The molecule has 0 bridgehead atoms. The average Bonchev–Trinajstić information content (AvgIpc) is 2.39. The van der Waals surface area contributed by atoms with Crippen LogP contribution >= 0.6 is 11.6 Å². The molecule has 0 aromatic heterocycles. The van der Waals surface area contributed by atoms with Gasteiger partial charge >= 0.3 is 0 Å². The molecule has 1 rings (SSSR count). The third-order valence-corrected chi connectivity index (χ3v) is 2.92. The first kappa shape index (κ1) is 16.8. The van der Waals surface area contributed by atoms with Gasteiger partial charge in [0.2, 0.25) is 0 Å². The van der Waals surface area contributed by atoms with Crippen LogP contribution in [0.5, 0.6) is 0 Å². The topological polar surface area (TPSA) is 45.7 Å². The second-order valence-electron chi connectivity index (χ2n) is 4.80. The Morgan fingerprint density at radius 2 is 2.15 bits per heavy atom. The molecule has 1 atom stereocenters. The number of benzene rings is 1. The van der Waals surface area contributed by atoms with E-state index < -0.39 is 0 Å². The van der Waals surface area contributed by atoms with E-state index in [0.717, 1.165) is 18.1 Å². The lowest BCUT2D eigenvalue weighted by atomic mass is 10.1. The summed E-state index contributed by atoms with van der Waals surface area (Å²) in [5.41, 5.74) is 1.03. The molecule has 20 heavy (non-hydrogen) atoms. The first-order chi connectivity index (χ1) is 9.56. The summed E-state index contributed by atoms with van der Waals surface area (Å²) < 4.78 is 5.50. The molecule has 5 heteroatoms. The lowest BCUT2D eigenvalue weighted by Gasteiger charge is -2.17. The van der Waals surface area contributed by atoms with Crippen molar-refractivity contribution in [3.8, 4) is 0 Å². The van der Waals surface area contributed by atoms with Crippen LogP contribution in [0.3, 0.4) is 0 Å². The highest BCUT2D eigenvalue weighted by Crippen LogP contribution is 2.20. The summed E-state index contributed by atoms with van der Waals surface area (Å²) in [5, 5.41) is 7.20. The van der Waals surface area contributed by atoms with Gasteiger partial charge in [-0.25, -0.2) is 0 Å². The SMILES string of the molecule is CCNC(=NCC(OC)c1cccc(Cl)c1)NC(C)C. The molecule has 1 aromatic carbocycles. The molecule has 0 radical (unpaired) electrons. The molecule has 0 heterocycles. The fourth-order valence-corrected chi connectivity index (χ4v) is 1.99. The monoisotopic (exact) mass is 297 g/mol. The van der Waals surface area contributed by atoms with Crippen molar-refractivity contribution >= 4 is 17.6 Å². The van der Waals surface area contributed by atoms with Crippen molar-refractivity contribution in [1.29, 1.82) is 0 Å². The van der Waals surface area contributed by atoms with E-state index in [2.05, 4.69) is 29.5 Å². The van der Waals surface area contributed by atoms with Crippen LogP contribution in [0.1, 0.15) is 32.4 Å². The highest BCUT2D eigenvalue weighted by atomic mass is 35.5. The minimum absolute atomic E-state index is 0.101. The van der Waals surface area contributed by atoms with Gasteiger partial charge in [0.1, 0.15) is 6.10 Å². The van der Waals surface area contributed by atoms with Crippen molar-refractivity contribution in [2.24, 2.45) is 4.99 Å². The van der Waals surface area contributed by atoms with Crippen LogP contribution in [0.2, 0.25) is 5.02 Å². The van der Waals surface area contributed by atoms with Gasteiger partial charge in [0.15, 0.2) is 5.96 Å². The Kier molecular flexibility index (Phi) is 7.41. The molecule has 4 nitrogen and oxygen atoms in total. The van der Waals surface area contributed by atoms with Crippen LogP contribution in [0.15, 0.2) is 29.3 Å². The molecule has 1 unspecified atom stereocenters. The van der Waals surface area contributed by atoms with E-state index in [1.807, 2.05) is 31.2 Å². The van der Waals surface area contributed by atoms with Gasteiger partial charge in [0.05, 0.1) is 6.54 Å². The zero-order valence-electron chi connectivity index (χ0n) is 12.6. The molecule has 0 aliphatic heterocycles. The lowest BCUT2D eigenvalue weighted by Crippen LogP contribution is -2.41. The van der Waals surface area contributed by atoms with E-state index in [4.69, 9.17) is 16.3 Å². The summed E-state index contributed by atoms with van der Waals surface area (Å²) in [6.07, 6.45) is -0.101. The highest BCUT2D eigenvalue weighted by Gasteiger charge is 2.11. The van der Waals surface area contributed by atoms with Crippen LogP contribution in [-0.4, -0.2) is 32.2 Å². The lowest BCUT2D eigenvalue weighted by molar-refractivity contribution is 0.111. The Morgan fingerprint density at radius 3 is 2.70 bits per heavy atom. The molecule has 0 aliphatic carbocycles. The molecule has 0 amide bonds. The van der Waals surface area contributed by atoms with Crippen molar-refractivity contribution in [1.82, 2.24) is 10.6 Å². The molecule has 0 spiro atoms. The molecule has 2 N–H and O–H groups in total. The van der Waals surface area contributed by atoms with Crippen molar-refractivity contribution in [3.63, 3.8) is 0 Å². The molecule has 1 aromatic rings. The number of methoxy groups -OCH3 is 1. The molecule has 112 valence electrons. The summed E-state index contributed by atoms with van der Waals surface area (Å²) in [5.74, 6) is 0.798. The van der Waals surface area contributed by atoms with Crippen molar-refractivity contribution in [2.45, 2.75) is 32.9 Å². The molecular formula is C15H24ClN3O. The van der Waals surface area contributed by atoms with Crippen LogP contribution in [-0.2, 0) is 4.74 Å². The highest BCUT2D eigenvalue weighted by molar-refractivity contribution is 6.30. The van der Waals surface area contributed by atoms with Crippen molar-refractivity contribution in [2.75, 3.05) is 20.2 Å². The van der Waals surface area contributed by atoms with Gasteiger partial charge in [-0.1, -0.05) is 23.7 Å². The van der Waals surface area contributed by atoms with E-state index >= 15 is 0 Å².